The molecule has 110 valence electrons. The molecule has 0 spiro atoms. The Morgan fingerprint density at radius 3 is 2.81 bits per heavy atom. The summed E-state index contributed by atoms with van der Waals surface area (Å²) in [6, 6.07) is 6.72. The fourth-order valence-electron chi connectivity index (χ4n) is 2.43. The number of aliphatic hydroxyl groups excluding tert-OH is 1. The number of anilines is 1. The number of hydrogen-bond donors (Lipinski definition) is 3. The summed E-state index contributed by atoms with van der Waals surface area (Å²) in [4.78, 5) is 23.5. The van der Waals surface area contributed by atoms with Crippen molar-refractivity contribution in [2.24, 2.45) is 5.92 Å². The van der Waals surface area contributed by atoms with E-state index >= 15 is 0 Å². The lowest BCUT2D eigenvalue weighted by Gasteiger charge is -2.14. The summed E-state index contributed by atoms with van der Waals surface area (Å²) < 4.78 is 0. The average molecular weight is 286 g/mol. The van der Waals surface area contributed by atoms with E-state index in [0.29, 0.717) is 17.8 Å². The van der Waals surface area contributed by atoms with Crippen molar-refractivity contribution in [3.63, 3.8) is 0 Å². The third-order valence-electron chi connectivity index (χ3n) is 3.64. The first kappa shape index (κ1) is 15.1. The van der Waals surface area contributed by atoms with Gasteiger partial charge in [0.1, 0.15) is 0 Å². The number of hydrogen-bond acceptors (Lipinski definition) is 3. The average Bonchev–Trinajstić information content (AvgIpc) is 2.90. The van der Waals surface area contributed by atoms with Crippen molar-refractivity contribution in [2.75, 3.05) is 11.9 Å². The van der Waals surface area contributed by atoms with Crippen LogP contribution in [-0.2, 0) is 9.59 Å². The zero-order chi connectivity index (χ0) is 15.2. The normalized spacial score (nSPS) is 20.6. The maximum absolute atomic E-state index is 11.8. The Bertz CT molecular complexity index is 577. The highest BCUT2D eigenvalue weighted by Crippen LogP contribution is 2.24. The van der Waals surface area contributed by atoms with Gasteiger partial charge in [0.15, 0.2) is 0 Å². The van der Waals surface area contributed by atoms with Crippen LogP contribution in [0.15, 0.2) is 24.3 Å². The maximum Gasteiger partial charge on any atom is 0.313 e. The van der Waals surface area contributed by atoms with Gasteiger partial charge in [-0.2, -0.15) is 0 Å². The van der Waals surface area contributed by atoms with Crippen LogP contribution < -0.4 is 10.6 Å². The lowest BCUT2D eigenvalue weighted by atomic mass is 10.1. The highest BCUT2D eigenvalue weighted by atomic mass is 16.3. The number of rotatable bonds is 3. The second-order valence-corrected chi connectivity index (χ2v) is 5.15. The Morgan fingerprint density at radius 1 is 1.33 bits per heavy atom. The van der Waals surface area contributed by atoms with E-state index in [-0.39, 0.29) is 12.0 Å². The van der Waals surface area contributed by atoms with Gasteiger partial charge in [0.25, 0.3) is 0 Å². The highest BCUT2D eigenvalue weighted by molar-refractivity contribution is 6.39. The quantitative estimate of drug-likeness (QED) is 0.570. The van der Waals surface area contributed by atoms with Crippen LogP contribution in [0.4, 0.5) is 5.69 Å². The van der Waals surface area contributed by atoms with Crippen molar-refractivity contribution >= 4 is 17.5 Å². The lowest BCUT2D eigenvalue weighted by Crippen LogP contribution is -2.39. The van der Waals surface area contributed by atoms with Gasteiger partial charge >= 0.3 is 11.8 Å². The molecule has 0 saturated heterocycles. The van der Waals surface area contributed by atoms with Gasteiger partial charge in [-0.3, -0.25) is 9.59 Å². The minimum absolute atomic E-state index is 0.0338. The van der Waals surface area contributed by atoms with Crippen LogP contribution in [0.2, 0.25) is 0 Å². The molecule has 1 aromatic rings. The molecule has 21 heavy (non-hydrogen) atoms. The largest absolute Gasteiger partial charge is 0.393 e. The van der Waals surface area contributed by atoms with Gasteiger partial charge in [-0.05, 0) is 31.0 Å². The van der Waals surface area contributed by atoms with Crippen molar-refractivity contribution in [1.82, 2.24) is 5.32 Å². The van der Waals surface area contributed by atoms with Gasteiger partial charge in [-0.25, -0.2) is 0 Å². The molecular weight excluding hydrogens is 268 g/mol. The van der Waals surface area contributed by atoms with E-state index in [9.17, 15) is 14.7 Å². The molecular formula is C16H18N2O3. The second kappa shape index (κ2) is 6.91. The Kier molecular flexibility index (Phi) is 4.96. The molecule has 1 saturated carbocycles. The molecule has 5 heteroatoms. The summed E-state index contributed by atoms with van der Waals surface area (Å²) in [5.41, 5.74) is 1.11. The molecule has 2 amide bonds. The fraction of sp³-hybridized carbons (Fsp3) is 0.375. The molecule has 0 bridgehead atoms. The first-order valence-electron chi connectivity index (χ1n) is 6.94. The van der Waals surface area contributed by atoms with Gasteiger partial charge in [-0.15, -0.1) is 6.42 Å². The molecule has 1 aliphatic carbocycles. The smallest absolute Gasteiger partial charge is 0.313 e. The molecule has 0 radical (unpaired) electrons. The Morgan fingerprint density at radius 2 is 2.14 bits per heavy atom. The standard InChI is InChI=1S/C16H18N2O3/c1-2-11-5-3-7-13(9-11)18-16(21)15(20)17-10-12-6-4-8-14(12)19/h1,3,5,7,9,12,14,19H,4,6,8,10H2,(H,17,20)(H,18,21). The summed E-state index contributed by atoms with van der Waals surface area (Å²) >= 11 is 0. The summed E-state index contributed by atoms with van der Waals surface area (Å²) in [7, 11) is 0. The monoisotopic (exact) mass is 286 g/mol. The molecule has 1 aliphatic rings. The molecule has 5 nitrogen and oxygen atoms in total. The number of nitrogens with one attached hydrogen (secondary N) is 2. The van der Waals surface area contributed by atoms with Crippen LogP contribution in [0, 0.1) is 18.3 Å². The summed E-state index contributed by atoms with van der Waals surface area (Å²) in [6.07, 6.45) is 7.46. The van der Waals surface area contributed by atoms with Crippen molar-refractivity contribution in [3.05, 3.63) is 29.8 Å². The number of amides is 2. The van der Waals surface area contributed by atoms with Crippen molar-refractivity contribution < 1.29 is 14.7 Å². The van der Waals surface area contributed by atoms with Gasteiger partial charge < -0.3 is 15.7 Å². The van der Waals surface area contributed by atoms with E-state index in [1.807, 2.05) is 0 Å². The molecule has 1 fully saturated rings. The zero-order valence-electron chi connectivity index (χ0n) is 11.6. The summed E-state index contributed by atoms with van der Waals surface area (Å²) in [6.45, 7) is 0.317. The Labute approximate surface area is 123 Å². The third-order valence-corrected chi connectivity index (χ3v) is 3.64. The SMILES string of the molecule is C#Cc1cccc(NC(=O)C(=O)NCC2CCCC2O)c1. The lowest BCUT2D eigenvalue weighted by molar-refractivity contribution is -0.136. The first-order valence-corrected chi connectivity index (χ1v) is 6.94. The minimum Gasteiger partial charge on any atom is -0.393 e. The number of carbonyl (C=O) groups excluding carboxylic acids is 2. The Hall–Kier alpha value is -2.32. The molecule has 0 heterocycles. The molecule has 2 rings (SSSR count). The van der Waals surface area contributed by atoms with E-state index in [4.69, 9.17) is 6.42 Å². The van der Waals surface area contributed by atoms with Gasteiger partial charge in [0.2, 0.25) is 0 Å². The van der Waals surface area contributed by atoms with Gasteiger partial charge in [-0.1, -0.05) is 18.4 Å². The first-order chi connectivity index (χ1) is 10.1. The van der Waals surface area contributed by atoms with Crippen molar-refractivity contribution in [2.45, 2.75) is 25.4 Å². The van der Waals surface area contributed by atoms with Gasteiger partial charge in [0.05, 0.1) is 6.10 Å². The Balaban J connectivity index is 1.85. The van der Waals surface area contributed by atoms with Crippen LogP contribution >= 0.6 is 0 Å². The van der Waals surface area contributed by atoms with Crippen LogP contribution in [0.5, 0.6) is 0 Å². The summed E-state index contributed by atoms with van der Waals surface area (Å²) in [5.74, 6) is 1.04. The third kappa shape index (κ3) is 4.07. The van der Waals surface area contributed by atoms with Crippen LogP contribution in [0.25, 0.3) is 0 Å². The molecule has 2 unspecified atom stereocenters. The van der Waals surface area contributed by atoms with E-state index in [2.05, 4.69) is 16.6 Å². The molecule has 2 atom stereocenters. The topological polar surface area (TPSA) is 78.4 Å². The number of terminal acetylenes is 1. The molecule has 0 aromatic heterocycles. The summed E-state index contributed by atoms with van der Waals surface area (Å²) in [5, 5.41) is 14.7. The second-order valence-electron chi connectivity index (χ2n) is 5.15. The van der Waals surface area contributed by atoms with E-state index in [1.54, 1.807) is 24.3 Å². The van der Waals surface area contributed by atoms with Crippen molar-refractivity contribution in [1.29, 1.82) is 0 Å². The number of benzene rings is 1. The van der Waals surface area contributed by atoms with Crippen LogP contribution in [-0.4, -0.2) is 29.6 Å². The number of carbonyl (C=O) groups is 2. The van der Waals surface area contributed by atoms with E-state index in [0.717, 1.165) is 19.3 Å². The predicted octanol–water partition coefficient (Wildman–Crippen LogP) is 0.884. The predicted molar refractivity (Wildman–Crippen MR) is 79.4 cm³/mol. The molecule has 0 aliphatic heterocycles. The van der Waals surface area contributed by atoms with E-state index in [1.165, 1.54) is 0 Å². The molecule has 1 aromatic carbocycles. The van der Waals surface area contributed by atoms with Crippen LogP contribution in [0.3, 0.4) is 0 Å². The maximum atomic E-state index is 11.8. The highest BCUT2D eigenvalue weighted by Gasteiger charge is 2.26. The fourth-order valence-corrected chi connectivity index (χ4v) is 2.43. The van der Waals surface area contributed by atoms with E-state index < -0.39 is 11.8 Å². The van der Waals surface area contributed by atoms with Gasteiger partial charge in [0, 0.05) is 23.7 Å². The molecule has 3 N–H and O–H groups in total. The number of aliphatic hydroxyl groups is 1. The van der Waals surface area contributed by atoms with Crippen LogP contribution in [0.1, 0.15) is 24.8 Å². The zero-order valence-corrected chi connectivity index (χ0v) is 11.6. The van der Waals surface area contributed by atoms with Crippen molar-refractivity contribution in [3.8, 4) is 12.3 Å². The minimum atomic E-state index is -0.739.